The van der Waals surface area contributed by atoms with E-state index < -0.39 is 0 Å². The van der Waals surface area contributed by atoms with Crippen LogP contribution in [0.25, 0.3) is 86.8 Å². The number of fused-ring (bicyclic) bond motifs is 12. The van der Waals surface area contributed by atoms with Gasteiger partial charge in [-0.2, -0.15) is 0 Å². The molecule has 1 saturated heterocycles. The standard InChI is InChI=1S/C53H38N4/c1-3-17-36-32(13-1)15-11-24-42(36)52-55-51(56-53(57-52)43-25-12-16-33-14-2-4-18-37(33)43)35-29-27-34(28-30-35)45-31-46-39-20-6-8-22-41(39)50-49(44-23-9-10-26-47(44)54-50)48(46)40-21-7-5-19-38(40)45/h1-31,51-57H. The van der Waals surface area contributed by atoms with Crippen LogP contribution in [0.2, 0.25) is 0 Å². The molecule has 12 rings (SSSR count). The van der Waals surface area contributed by atoms with E-state index in [1.165, 1.54) is 103 Å². The molecule has 1 aromatic heterocycles. The minimum absolute atomic E-state index is 0.0925. The van der Waals surface area contributed by atoms with E-state index in [0.29, 0.717) is 0 Å². The van der Waals surface area contributed by atoms with E-state index in [1.54, 1.807) is 0 Å². The summed E-state index contributed by atoms with van der Waals surface area (Å²) in [6, 6.07) is 68.7. The van der Waals surface area contributed by atoms with E-state index in [4.69, 9.17) is 0 Å². The SMILES string of the molecule is c1ccc2c(C3NC(c4ccc(-c5cc6c7ccccc7c7[nH]c8ccccc8c7c6c6ccccc56)cc4)NC(c4cccc5ccccc45)N3)cccc2c1. The van der Waals surface area contributed by atoms with Gasteiger partial charge in [0.2, 0.25) is 0 Å². The molecule has 2 atom stereocenters. The zero-order chi connectivity index (χ0) is 37.5. The Balaban J connectivity index is 1.00. The van der Waals surface area contributed by atoms with Crippen molar-refractivity contribution < 1.29 is 0 Å². The van der Waals surface area contributed by atoms with Gasteiger partial charge in [0.1, 0.15) is 0 Å². The maximum atomic E-state index is 3.96. The summed E-state index contributed by atoms with van der Waals surface area (Å²) in [6.45, 7) is 0. The summed E-state index contributed by atoms with van der Waals surface area (Å²) in [4.78, 5) is 3.79. The topological polar surface area (TPSA) is 51.9 Å². The van der Waals surface area contributed by atoms with Gasteiger partial charge in [0.25, 0.3) is 0 Å². The predicted molar refractivity (Wildman–Crippen MR) is 239 cm³/mol. The minimum atomic E-state index is -0.110. The quantitative estimate of drug-likeness (QED) is 0.136. The lowest BCUT2D eigenvalue weighted by molar-refractivity contribution is 0.205. The Kier molecular flexibility index (Phi) is 7.32. The number of hydrogen-bond donors (Lipinski definition) is 4. The highest BCUT2D eigenvalue weighted by atomic mass is 15.4. The molecule has 0 amide bonds. The Morgan fingerprint density at radius 3 is 1.51 bits per heavy atom. The second-order valence-corrected chi connectivity index (χ2v) is 15.4. The van der Waals surface area contributed by atoms with Crippen LogP contribution in [-0.2, 0) is 0 Å². The number of aromatic nitrogens is 1. The van der Waals surface area contributed by atoms with Crippen molar-refractivity contribution in [2.75, 3.05) is 0 Å². The van der Waals surface area contributed by atoms with Crippen molar-refractivity contribution >= 4 is 75.7 Å². The molecule has 4 heteroatoms. The first-order valence-corrected chi connectivity index (χ1v) is 19.9. The number of aromatic amines is 1. The van der Waals surface area contributed by atoms with Gasteiger partial charge in [0.05, 0.1) is 24.0 Å². The molecule has 0 saturated carbocycles. The highest BCUT2D eigenvalue weighted by Crippen LogP contribution is 2.45. The molecule has 0 bridgehead atoms. The fourth-order valence-corrected chi connectivity index (χ4v) is 9.69. The molecule has 1 aliphatic heterocycles. The van der Waals surface area contributed by atoms with Crippen molar-refractivity contribution in [3.8, 4) is 11.1 Å². The van der Waals surface area contributed by atoms with Gasteiger partial charge < -0.3 is 4.98 Å². The van der Waals surface area contributed by atoms with Crippen LogP contribution in [0.1, 0.15) is 35.2 Å². The summed E-state index contributed by atoms with van der Waals surface area (Å²) in [5.74, 6) is 0. The Morgan fingerprint density at radius 2 is 0.842 bits per heavy atom. The average Bonchev–Trinajstić information content (AvgIpc) is 3.68. The molecule has 11 aromatic rings. The van der Waals surface area contributed by atoms with Crippen LogP contribution in [0.3, 0.4) is 0 Å². The van der Waals surface area contributed by atoms with Gasteiger partial charge in [0, 0.05) is 27.1 Å². The predicted octanol–water partition coefficient (Wildman–Crippen LogP) is 12.9. The van der Waals surface area contributed by atoms with E-state index in [-0.39, 0.29) is 18.5 Å². The summed E-state index contributed by atoms with van der Waals surface area (Å²) in [6.07, 6.45) is -0.296. The lowest BCUT2D eigenvalue weighted by Gasteiger charge is -2.40. The van der Waals surface area contributed by atoms with Crippen LogP contribution in [0.15, 0.2) is 188 Å². The van der Waals surface area contributed by atoms with Gasteiger partial charge in [0.15, 0.2) is 0 Å². The lowest BCUT2D eigenvalue weighted by Crippen LogP contribution is -2.54. The maximum Gasteiger partial charge on any atom is 0.0870 e. The van der Waals surface area contributed by atoms with Gasteiger partial charge in [-0.1, -0.05) is 176 Å². The fraction of sp³-hybridized carbons (Fsp3) is 0.0566. The highest BCUT2D eigenvalue weighted by Gasteiger charge is 2.31. The van der Waals surface area contributed by atoms with Gasteiger partial charge in [-0.25, -0.2) is 0 Å². The normalized spacial score (nSPS) is 17.4. The van der Waals surface area contributed by atoms with E-state index >= 15 is 0 Å². The molecule has 1 fully saturated rings. The summed E-state index contributed by atoms with van der Waals surface area (Å²) >= 11 is 0. The van der Waals surface area contributed by atoms with Crippen molar-refractivity contribution in [3.05, 3.63) is 205 Å². The molecule has 270 valence electrons. The van der Waals surface area contributed by atoms with Gasteiger partial charge >= 0.3 is 0 Å². The lowest BCUT2D eigenvalue weighted by atomic mass is 9.88. The molecular weight excluding hydrogens is 693 g/mol. The summed E-state index contributed by atoms with van der Waals surface area (Å²) in [5.41, 5.74) is 8.46. The zero-order valence-electron chi connectivity index (χ0n) is 31.1. The highest BCUT2D eigenvalue weighted by molar-refractivity contribution is 6.37. The molecule has 57 heavy (non-hydrogen) atoms. The van der Waals surface area contributed by atoms with Gasteiger partial charge in [-0.3, -0.25) is 16.0 Å². The minimum Gasteiger partial charge on any atom is -0.354 e. The number of rotatable bonds is 4. The molecule has 0 aliphatic carbocycles. The molecule has 2 unspecified atom stereocenters. The molecule has 2 heterocycles. The zero-order valence-corrected chi connectivity index (χ0v) is 31.1. The summed E-state index contributed by atoms with van der Waals surface area (Å²) in [7, 11) is 0. The second-order valence-electron chi connectivity index (χ2n) is 15.4. The average molecular weight is 731 g/mol. The molecule has 1 aliphatic rings. The first-order valence-electron chi connectivity index (χ1n) is 19.9. The van der Waals surface area contributed by atoms with Crippen molar-refractivity contribution in [1.29, 1.82) is 0 Å². The second kappa shape index (κ2) is 12.9. The van der Waals surface area contributed by atoms with E-state index in [2.05, 4.69) is 209 Å². The van der Waals surface area contributed by atoms with Crippen molar-refractivity contribution in [2.24, 2.45) is 0 Å². The first-order chi connectivity index (χ1) is 28.3. The first kappa shape index (κ1) is 32.4. The molecule has 4 nitrogen and oxygen atoms in total. The van der Waals surface area contributed by atoms with Crippen molar-refractivity contribution in [2.45, 2.75) is 18.5 Å². The number of hydrogen-bond acceptors (Lipinski definition) is 3. The molecule has 10 aromatic carbocycles. The largest absolute Gasteiger partial charge is 0.354 e. The van der Waals surface area contributed by atoms with Crippen LogP contribution in [0.5, 0.6) is 0 Å². The van der Waals surface area contributed by atoms with E-state index in [9.17, 15) is 0 Å². The van der Waals surface area contributed by atoms with Crippen LogP contribution in [0.4, 0.5) is 0 Å². The van der Waals surface area contributed by atoms with Crippen LogP contribution in [-0.4, -0.2) is 4.98 Å². The van der Waals surface area contributed by atoms with Crippen LogP contribution < -0.4 is 16.0 Å². The van der Waals surface area contributed by atoms with Crippen LogP contribution in [0, 0.1) is 0 Å². The van der Waals surface area contributed by atoms with E-state index in [0.717, 1.165) is 0 Å². The Morgan fingerprint density at radius 1 is 0.333 bits per heavy atom. The Labute approximate surface area is 329 Å². The Hall–Kier alpha value is -6.82. The van der Waals surface area contributed by atoms with Crippen molar-refractivity contribution in [1.82, 2.24) is 20.9 Å². The number of H-pyrrole nitrogens is 1. The summed E-state index contributed by atoms with van der Waals surface area (Å²) in [5, 5.41) is 27.0. The molecule has 0 radical (unpaired) electrons. The molecule has 4 N–H and O–H groups in total. The summed E-state index contributed by atoms with van der Waals surface area (Å²) < 4.78 is 0. The van der Waals surface area contributed by atoms with E-state index in [1.807, 2.05) is 0 Å². The fourth-order valence-electron chi connectivity index (χ4n) is 9.69. The monoisotopic (exact) mass is 730 g/mol. The molecule has 0 spiro atoms. The van der Waals surface area contributed by atoms with Crippen LogP contribution >= 0.6 is 0 Å². The number of benzene rings is 10. The van der Waals surface area contributed by atoms with Gasteiger partial charge in [-0.05, 0) is 83.0 Å². The smallest absolute Gasteiger partial charge is 0.0870 e. The third-order valence-corrected chi connectivity index (χ3v) is 12.3. The maximum absolute atomic E-state index is 3.96. The molecular formula is C53H38N4. The number of para-hydroxylation sites is 1. The third kappa shape index (κ3) is 5.12. The number of nitrogens with one attached hydrogen (secondary N) is 4. The Bertz CT molecular complexity index is 3260. The van der Waals surface area contributed by atoms with Gasteiger partial charge in [-0.15, -0.1) is 0 Å². The van der Waals surface area contributed by atoms with Crippen molar-refractivity contribution in [3.63, 3.8) is 0 Å². The third-order valence-electron chi connectivity index (χ3n) is 12.3.